The van der Waals surface area contributed by atoms with Crippen molar-refractivity contribution in [2.24, 2.45) is 0 Å². The summed E-state index contributed by atoms with van der Waals surface area (Å²) in [5.74, 6) is 0. The predicted octanol–water partition coefficient (Wildman–Crippen LogP) is 1.88. The standard InChI is InChI=1S/C9H8O2.C2H6O/c1-7-2-3-8(5-10)9(4-7)6-11;1-3-2/h2-6H,1H3;1-2H3. The molecular formula is C11H14O3. The summed E-state index contributed by atoms with van der Waals surface area (Å²) >= 11 is 0. The summed E-state index contributed by atoms with van der Waals surface area (Å²) in [6.45, 7) is 1.88. The Hall–Kier alpha value is -1.48. The molecule has 0 saturated carbocycles. The summed E-state index contributed by atoms with van der Waals surface area (Å²) in [5.41, 5.74) is 1.89. The number of aryl methyl sites for hydroxylation is 1. The number of benzene rings is 1. The van der Waals surface area contributed by atoms with E-state index in [1.165, 1.54) is 0 Å². The topological polar surface area (TPSA) is 43.4 Å². The van der Waals surface area contributed by atoms with E-state index in [0.29, 0.717) is 23.7 Å². The Bertz CT molecular complexity index is 305. The smallest absolute Gasteiger partial charge is 0.150 e. The number of carbonyl (C=O) groups excluding carboxylic acids is 2. The molecule has 0 aliphatic carbocycles. The maximum absolute atomic E-state index is 10.4. The Morgan fingerprint density at radius 2 is 1.57 bits per heavy atom. The van der Waals surface area contributed by atoms with Crippen LogP contribution in [0.5, 0.6) is 0 Å². The van der Waals surface area contributed by atoms with Crippen molar-refractivity contribution in [3.8, 4) is 0 Å². The van der Waals surface area contributed by atoms with Crippen LogP contribution in [0.2, 0.25) is 0 Å². The van der Waals surface area contributed by atoms with Crippen LogP contribution in [0.3, 0.4) is 0 Å². The average molecular weight is 194 g/mol. The number of rotatable bonds is 2. The first kappa shape index (κ1) is 12.5. The minimum atomic E-state index is 0.450. The lowest BCUT2D eigenvalue weighted by atomic mass is 10.1. The zero-order chi connectivity index (χ0) is 11.0. The zero-order valence-corrected chi connectivity index (χ0v) is 8.61. The molecule has 0 fully saturated rings. The van der Waals surface area contributed by atoms with Gasteiger partial charge in [0.2, 0.25) is 0 Å². The lowest BCUT2D eigenvalue weighted by Gasteiger charge is -1.96. The fraction of sp³-hybridized carbons (Fsp3) is 0.273. The maximum Gasteiger partial charge on any atom is 0.150 e. The molecule has 76 valence electrons. The highest BCUT2D eigenvalue weighted by atomic mass is 16.4. The van der Waals surface area contributed by atoms with Crippen molar-refractivity contribution < 1.29 is 14.3 Å². The highest BCUT2D eigenvalue weighted by Crippen LogP contribution is 2.06. The number of carbonyl (C=O) groups is 2. The highest BCUT2D eigenvalue weighted by Gasteiger charge is 1.98. The van der Waals surface area contributed by atoms with Crippen LogP contribution in [0, 0.1) is 6.92 Å². The average Bonchev–Trinajstić information content (AvgIpc) is 2.19. The summed E-state index contributed by atoms with van der Waals surface area (Å²) in [5, 5.41) is 0. The van der Waals surface area contributed by atoms with Gasteiger partial charge >= 0.3 is 0 Å². The van der Waals surface area contributed by atoms with Gasteiger partial charge in [0.25, 0.3) is 0 Å². The van der Waals surface area contributed by atoms with Gasteiger partial charge in [-0.05, 0) is 13.0 Å². The number of hydrogen-bond donors (Lipinski definition) is 0. The molecule has 0 N–H and O–H groups in total. The minimum Gasteiger partial charge on any atom is -0.388 e. The molecule has 0 bridgehead atoms. The van der Waals surface area contributed by atoms with Crippen LogP contribution in [0.25, 0.3) is 0 Å². The van der Waals surface area contributed by atoms with Gasteiger partial charge in [-0.25, -0.2) is 0 Å². The second kappa shape index (κ2) is 6.97. The van der Waals surface area contributed by atoms with E-state index in [1.54, 1.807) is 32.4 Å². The van der Waals surface area contributed by atoms with Gasteiger partial charge in [0.05, 0.1) is 0 Å². The molecule has 1 rings (SSSR count). The van der Waals surface area contributed by atoms with Crippen molar-refractivity contribution in [2.45, 2.75) is 6.92 Å². The van der Waals surface area contributed by atoms with Crippen LogP contribution < -0.4 is 0 Å². The van der Waals surface area contributed by atoms with Gasteiger partial charge in [-0.2, -0.15) is 0 Å². The van der Waals surface area contributed by atoms with Crippen LogP contribution in [0.1, 0.15) is 26.3 Å². The van der Waals surface area contributed by atoms with Crippen LogP contribution in [0.15, 0.2) is 18.2 Å². The van der Waals surface area contributed by atoms with Crippen molar-refractivity contribution in [2.75, 3.05) is 14.2 Å². The fourth-order valence-corrected chi connectivity index (χ4v) is 0.904. The van der Waals surface area contributed by atoms with Gasteiger partial charge in [-0.15, -0.1) is 0 Å². The molecule has 0 amide bonds. The van der Waals surface area contributed by atoms with Crippen molar-refractivity contribution in [3.05, 3.63) is 34.9 Å². The van der Waals surface area contributed by atoms with Crippen molar-refractivity contribution in [3.63, 3.8) is 0 Å². The van der Waals surface area contributed by atoms with E-state index in [-0.39, 0.29) is 0 Å². The molecule has 0 spiro atoms. The third-order valence-corrected chi connectivity index (χ3v) is 1.50. The number of ether oxygens (including phenoxy) is 1. The van der Waals surface area contributed by atoms with Crippen LogP contribution >= 0.6 is 0 Å². The van der Waals surface area contributed by atoms with Gasteiger partial charge in [-0.3, -0.25) is 9.59 Å². The first-order valence-corrected chi connectivity index (χ1v) is 4.10. The fourth-order valence-electron chi connectivity index (χ4n) is 0.904. The molecule has 0 aliphatic heterocycles. The highest BCUT2D eigenvalue weighted by molar-refractivity contribution is 5.90. The molecule has 3 heteroatoms. The SMILES string of the molecule is COC.Cc1ccc(C=O)c(C=O)c1. The van der Waals surface area contributed by atoms with Crippen molar-refractivity contribution in [1.82, 2.24) is 0 Å². The van der Waals surface area contributed by atoms with E-state index in [0.717, 1.165) is 5.56 Å². The zero-order valence-electron chi connectivity index (χ0n) is 8.61. The monoisotopic (exact) mass is 194 g/mol. The molecule has 0 radical (unpaired) electrons. The van der Waals surface area contributed by atoms with Crippen molar-refractivity contribution in [1.29, 1.82) is 0 Å². The first-order chi connectivity index (χ1) is 6.69. The largest absolute Gasteiger partial charge is 0.388 e. The maximum atomic E-state index is 10.4. The summed E-state index contributed by atoms with van der Waals surface area (Å²) in [6, 6.07) is 5.14. The minimum absolute atomic E-state index is 0.450. The van der Waals surface area contributed by atoms with E-state index in [1.807, 2.05) is 6.92 Å². The van der Waals surface area contributed by atoms with Crippen LogP contribution in [-0.2, 0) is 4.74 Å². The Balaban J connectivity index is 0.000000500. The van der Waals surface area contributed by atoms with E-state index in [4.69, 9.17) is 0 Å². The quantitative estimate of drug-likeness (QED) is 0.675. The van der Waals surface area contributed by atoms with Crippen molar-refractivity contribution >= 4 is 12.6 Å². The molecule has 1 aromatic rings. The first-order valence-electron chi connectivity index (χ1n) is 4.10. The van der Waals surface area contributed by atoms with Gasteiger partial charge in [0, 0.05) is 25.3 Å². The lowest BCUT2D eigenvalue weighted by Crippen LogP contribution is -1.90. The summed E-state index contributed by atoms with van der Waals surface area (Å²) in [4.78, 5) is 20.7. The lowest BCUT2D eigenvalue weighted by molar-refractivity contribution is 0.109. The molecular weight excluding hydrogens is 180 g/mol. The second-order valence-electron chi connectivity index (χ2n) is 2.78. The molecule has 0 saturated heterocycles. The van der Waals surface area contributed by atoms with Crippen LogP contribution in [0.4, 0.5) is 0 Å². The van der Waals surface area contributed by atoms with E-state index in [2.05, 4.69) is 4.74 Å². The Labute approximate surface area is 83.7 Å². The van der Waals surface area contributed by atoms with Gasteiger partial charge in [0.1, 0.15) is 0 Å². The number of hydrogen-bond acceptors (Lipinski definition) is 3. The second-order valence-corrected chi connectivity index (χ2v) is 2.78. The summed E-state index contributed by atoms with van der Waals surface area (Å²) in [6.07, 6.45) is 1.37. The molecule has 1 aromatic carbocycles. The van der Waals surface area contributed by atoms with E-state index in [9.17, 15) is 9.59 Å². The number of methoxy groups -OCH3 is 1. The molecule has 0 aromatic heterocycles. The molecule has 0 unspecified atom stereocenters. The summed E-state index contributed by atoms with van der Waals surface area (Å²) in [7, 11) is 3.25. The predicted molar refractivity (Wildman–Crippen MR) is 54.9 cm³/mol. The number of aldehydes is 2. The molecule has 0 aliphatic rings. The Kier molecular flexibility index (Phi) is 6.24. The van der Waals surface area contributed by atoms with Crippen LogP contribution in [-0.4, -0.2) is 26.8 Å². The van der Waals surface area contributed by atoms with Gasteiger partial charge in [-0.1, -0.05) is 17.7 Å². The van der Waals surface area contributed by atoms with Gasteiger partial charge in [0.15, 0.2) is 12.6 Å². The Morgan fingerprint density at radius 3 is 2.00 bits per heavy atom. The molecule has 3 nitrogen and oxygen atoms in total. The Morgan fingerprint density at radius 1 is 1.07 bits per heavy atom. The molecule has 14 heavy (non-hydrogen) atoms. The normalized spacial score (nSPS) is 8.50. The third-order valence-electron chi connectivity index (χ3n) is 1.50. The molecule has 0 atom stereocenters. The van der Waals surface area contributed by atoms with E-state index < -0.39 is 0 Å². The van der Waals surface area contributed by atoms with Gasteiger partial charge < -0.3 is 4.74 Å². The third kappa shape index (κ3) is 3.96. The van der Waals surface area contributed by atoms with E-state index >= 15 is 0 Å². The molecule has 0 heterocycles. The summed E-state index contributed by atoms with van der Waals surface area (Å²) < 4.78 is 4.25.